The van der Waals surface area contributed by atoms with E-state index in [2.05, 4.69) is 10.6 Å². The van der Waals surface area contributed by atoms with Gasteiger partial charge in [0.25, 0.3) is 10.5 Å². The zero-order chi connectivity index (χ0) is 19.1. The zero-order valence-corrected chi connectivity index (χ0v) is 17.1. The smallest absolute Gasteiger partial charge is 0.283 e. The number of benzene rings is 2. The van der Waals surface area contributed by atoms with Gasteiger partial charge >= 0.3 is 0 Å². The maximum atomic E-state index is 12.0. The fourth-order valence-corrected chi connectivity index (χ4v) is 3.63. The first-order chi connectivity index (χ1) is 12.3. The van der Waals surface area contributed by atoms with Gasteiger partial charge in [0.05, 0.1) is 0 Å². The van der Waals surface area contributed by atoms with Gasteiger partial charge < -0.3 is 10.6 Å². The normalized spacial score (nSPS) is 10.5. The fraction of sp³-hybridized carbons (Fsp3) is 0.300. The van der Waals surface area contributed by atoms with Crippen molar-refractivity contribution in [1.29, 1.82) is 0 Å². The van der Waals surface area contributed by atoms with Gasteiger partial charge in [-0.1, -0.05) is 35.7 Å². The van der Waals surface area contributed by atoms with Crippen molar-refractivity contribution in [3.05, 3.63) is 58.7 Å². The maximum Gasteiger partial charge on any atom is 0.283 e. The second-order valence-corrected chi connectivity index (χ2v) is 8.26. The molecule has 2 amide bonds. The predicted octanol–water partition coefficient (Wildman–Crippen LogP) is 6.15. The molecular formula is C20H24N2O2S2. The number of nitrogens with one attached hydrogen (secondary N) is 2. The molecule has 0 radical (unpaired) electrons. The Kier molecular flexibility index (Phi) is 7.60. The minimum atomic E-state index is -0.108. The Morgan fingerprint density at radius 2 is 1.08 bits per heavy atom. The van der Waals surface area contributed by atoms with Gasteiger partial charge in [-0.3, -0.25) is 9.59 Å². The fourth-order valence-electron chi connectivity index (χ4n) is 2.21. The second kappa shape index (κ2) is 9.69. The average Bonchev–Trinajstić information content (AvgIpc) is 2.58. The van der Waals surface area contributed by atoms with Crippen molar-refractivity contribution >= 4 is 45.4 Å². The van der Waals surface area contributed by atoms with Crippen molar-refractivity contribution in [3.63, 3.8) is 0 Å². The average molecular weight is 389 g/mol. The van der Waals surface area contributed by atoms with Crippen LogP contribution in [0.4, 0.5) is 21.0 Å². The minimum Gasteiger partial charge on any atom is -0.317 e. The van der Waals surface area contributed by atoms with Crippen molar-refractivity contribution in [2.24, 2.45) is 0 Å². The molecule has 2 aromatic carbocycles. The molecule has 0 aliphatic rings. The molecule has 0 saturated heterocycles. The van der Waals surface area contributed by atoms with Crippen LogP contribution in [-0.4, -0.2) is 22.0 Å². The summed E-state index contributed by atoms with van der Waals surface area (Å²) in [5.74, 6) is 1.14. The monoisotopic (exact) mass is 388 g/mol. The molecule has 0 unspecified atom stereocenters. The van der Waals surface area contributed by atoms with E-state index in [0.29, 0.717) is 11.5 Å². The SMILES string of the molecule is Cc1ccc(NC(=O)SCCSC(=O)Nc2ccc(C)c(C)c2)cc1C. The molecule has 138 valence electrons. The Labute approximate surface area is 163 Å². The second-order valence-electron chi connectivity index (χ2n) is 6.12. The van der Waals surface area contributed by atoms with E-state index >= 15 is 0 Å². The van der Waals surface area contributed by atoms with Gasteiger partial charge in [0.15, 0.2) is 0 Å². The summed E-state index contributed by atoms with van der Waals surface area (Å²) in [4.78, 5) is 23.9. The van der Waals surface area contributed by atoms with Crippen LogP contribution < -0.4 is 10.6 Å². The van der Waals surface area contributed by atoms with Crippen LogP contribution in [0, 0.1) is 27.7 Å². The molecule has 0 fully saturated rings. The van der Waals surface area contributed by atoms with Gasteiger partial charge in [0.1, 0.15) is 0 Å². The highest BCUT2D eigenvalue weighted by molar-refractivity contribution is 8.17. The first-order valence-corrected chi connectivity index (χ1v) is 10.3. The Balaban J connectivity index is 1.68. The quantitative estimate of drug-likeness (QED) is 0.603. The van der Waals surface area contributed by atoms with Gasteiger partial charge in [-0.05, 0) is 74.2 Å². The molecule has 0 atom stereocenters. The summed E-state index contributed by atoms with van der Waals surface area (Å²) in [5, 5.41) is 5.51. The molecule has 26 heavy (non-hydrogen) atoms. The summed E-state index contributed by atoms with van der Waals surface area (Å²) in [6, 6.07) is 11.7. The number of carbonyl (C=O) groups excluding carboxylic acids is 2. The van der Waals surface area contributed by atoms with Crippen LogP contribution in [0.2, 0.25) is 0 Å². The largest absolute Gasteiger partial charge is 0.317 e. The molecule has 4 nitrogen and oxygen atoms in total. The third kappa shape index (κ3) is 6.42. The van der Waals surface area contributed by atoms with Crippen LogP contribution in [0.15, 0.2) is 36.4 Å². The van der Waals surface area contributed by atoms with Crippen molar-refractivity contribution < 1.29 is 9.59 Å². The molecule has 0 saturated carbocycles. The number of hydrogen-bond donors (Lipinski definition) is 2. The van der Waals surface area contributed by atoms with Crippen LogP contribution in [0.25, 0.3) is 0 Å². The summed E-state index contributed by atoms with van der Waals surface area (Å²) >= 11 is 2.37. The number of carbonyl (C=O) groups is 2. The standard InChI is InChI=1S/C20H24N2O2S2/c1-13-5-7-17(11-15(13)3)21-19(23)25-9-10-26-20(24)22-18-8-6-14(2)16(4)12-18/h5-8,11-12H,9-10H2,1-4H3,(H,21,23)(H,22,24). The number of rotatable bonds is 5. The molecule has 0 heterocycles. The van der Waals surface area contributed by atoms with Crippen molar-refractivity contribution in [3.8, 4) is 0 Å². The van der Waals surface area contributed by atoms with E-state index in [0.717, 1.165) is 22.5 Å². The van der Waals surface area contributed by atoms with Gasteiger partial charge in [0, 0.05) is 22.9 Å². The van der Waals surface area contributed by atoms with Crippen molar-refractivity contribution in [2.75, 3.05) is 22.1 Å². The lowest BCUT2D eigenvalue weighted by molar-refractivity contribution is 0.269. The van der Waals surface area contributed by atoms with Crippen LogP contribution in [0.3, 0.4) is 0 Å². The van der Waals surface area contributed by atoms with Crippen LogP contribution in [0.1, 0.15) is 22.3 Å². The van der Waals surface area contributed by atoms with Gasteiger partial charge in [-0.25, -0.2) is 0 Å². The van der Waals surface area contributed by atoms with E-state index in [4.69, 9.17) is 0 Å². The molecule has 0 aliphatic carbocycles. The highest BCUT2D eigenvalue weighted by Gasteiger charge is 2.07. The first kappa shape index (κ1) is 20.4. The Morgan fingerprint density at radius 1 is 0.692 bits per heavy atom. The summed E-state index contributed by atoms with van der Waals surface area (Å²) < 4.78 is 0. The topological polar surface area (TPSA) is 58.2 Å². The van der Waals surface area contributed by atoms with E-state index < -0.39 is 0 Å². The molecule has 2 N–H and O–H groups in total. The van der Waals surface area contributed by atoms with Crippen molar-refractivity contribution in [2.45, 2.75) is 27.7 Å². The molecule has 0 bridgehead atoms. The highest BCUT2D eigenvalue weighted by atomic mass is 32.2. The third-order valence-corrected chi connectivity index (χ3v) is 5.86. The third-order valence-electron chi connectivity index (χ3n) is 4.06. The number of aryl methyl sites for hydroxylation is 4. The van der Waals surface area contributed by atoms with Crippen LogP contribution >= 0.6 is 23.5 Å². The van der Waals surface area contributed by atoms with E-state index in [-0.39, 0.29) is 10.5 Å². The highest BCUT2D eigenvalue weighted by Crippen LogP contribution is 2.19. The Bertz CT molecular complexity index is 739. The summed E-state index contributed by atoms with van der Waals surface area (Å²) in [6.07, 6.45) is 0. The van der Waals surface area contributed by atoms with E-state index in [1.54, 1.807) is 0 Å². The lowest BCUT2D eigenvalue weighted by Crippen LogP contribution is -2.09. The number of thioether (sulfide) groups is 2. The molecule has 6 heteroatoms. The van der Waals surface area contributed by atoms with Gasteiger partial charge in [-0.2, -0.15) is 0 Å². The Hall–Kier alpha value is -1.92. The van der Waals surface area contributed by atoms with Crippen LogP contribution in [0.5, 0.6) is 0 Å². The molecule has 2 rings (SSSR count). The summed E-state index contributed by atoms with van der Waals surface area (Å²) in [6.45, 7) is 8.11. The number of hydrogen-bond acceptors (Lipinski definition) is 4. The van der Waals surface area contributed by atoms with Crippen LogP contribution in [-0.2, 0) is 0 Å². The molecule has 0 aliphatic heterocycles. The summed E-state index contributed by atoms with van der Waals surface area (Å²) in [7, 11) is 0. The molecule has 2 aromatic rings. The van der Waals surface area contributed by atoms with E-state index in [1.807, 2.05) is 64.1 Å². The number of amides is 2. The minimum absolute atomic E-state index is 0.108. The molecule has 0 spiro atoms. The van der Waals surface area contributed by atoms with Crippen molar-refractivity contribution in [1.82, 2.24) is 0 Å². The molecule has 0 aromatic heterocycles. The molecular weight excluding hydrogens is 364 g/mol. The van der Waals surface area contributed by atoms with E-state index in [1.165, 1.54) is 34.7 Å². The zero-order valence-electron chi connectivity index (χ0n) is 15.5. The predicted molar refractivity (Wildman–Crippen MR) is 115 cm³/mol. The lowest BCUT2D eigenvalue weighted by atomic mass is 10.1. The van der Waals surface area contributed by atoms with Gasteiger partial charge in [-0.15, -0.1) is 0 Å². The maximum absolute atomic E-state index is 12.0. The Morgan fingerprint density at radius 3 is 1.42 bits per heavy atom. The van der Waals surface area contributed by atoms with Gasteiger partial charge in [0.2, 0.25) is 0 Å². The first-order valence-electron chi connectivity index (χ1n) is 8.37. The lowest BCUT2D eigenvalue weighted by Gasteiger charge is -2.08. The number of anilines is 2. The summed E-state index contributed by atoms with van der Waals surface area (Å²) in [5.41, 5.74) is 6.28. The van der Waals surface area contributed by atoms with E-state index in [9.17, 15) is 9.59 Å².